The summed E-state index contributed by atoms with van der Waals surface area (Å²) in [4.78, 5) is 28.4. The molecule has 36 heavy (non-hydrogen) atoms. The van der Waals surface area contributed by atoms with Crippen LogP contribution in [0.5, 0.6) is 0 Å². The number of aliphatic imine (C=N–C) groups is 1. The van der Waals surface area contributed by atoms with Gasteiger partial charge in [-0.3, -0.25) is 10.1 Å². The van der Waals surface area contributed by atoms with Crippen LogP contribution >= 0.6 is 0 Å². The van der Waals surface area contributed by atoms with Crippen molar-refractivity contribution in [2.75, 3.05) is 6.54 Å². The number of rotatable bonds is 3. The van der Waals surface area contributed by atoms with E-state index in [1.165, 1.54) is 24.3 Å². The third-order valence-electron chi connectivity index (χ3n) is 5.44. The van der Waals surface area contributed by atoms with Gasteiger partial charge in [0.25, 0.3) is 0 Å². The van der Waals surface area contributed by atoms with E-state index in [-0.39, 0.29) is 46.3 Å². The fraction of sp³-hybridized carbons (Fsp3) is 0.227. The number of hydrogen-bond acceptors (Lipinski definition) is 8. The quantitative estimate of drug-likeness (QED) is 0.424. The number of furan rings is 1. The maximum Gasteiger partial charge on any atom is 0.490 e. The molecule has 0 amide bonds. The van der Waals surface area contributed by atoms with Crippen molar-refractivity contribution in [3.05, 3.63) is 70.8 Å². The third kappa shape index (κ3) is 4.58. The molecule has 0 saturated heterocycles. The number of hydrogen-bond donors (Lipinski definition) is 3. The van der Waals surface area contributed by atoms with Crippen LogP contribution in [0.25, 0.3) is 11.3 Å². The van der Waals surface area contributed by atoms with Crippen LogP contribution in [0.2, 0.25) is 0 Å². The molecule has 3 heterocycles. The number of alkyl halides is 6. The van der Waals surface area contributed by atoms with Crippen molar-refractivity contribution in [2.45, 2.75) is 24.5 Å². The number of nitrogens with two attached hydrogens (primary N) is 2. The lowest BCUT2D eigenvalue weighted by molar-refractivity contribution is -0.206. The predicted molar refractivity (Wildman–Crippen MR) is 112 cm³/mol. The molecule has 0 spiro atoms. The minimum Gasteiger partial charge on any atom is -0.460 e. The molecular weight excluding hydrogens is 498 g/mol. The largest absolute Gasteiger partial charge is 0.490 e. The maximum atomic E-state index is 13.1. The summed E-state index contributed by atoms with van der Waals surface area (Å²) in [6.45, 7) is -0.285. The minimum absolute atomic E-state index is 0.000564. The fourth-order valence-electron chi connectivity index (χ4n) is 3.84. The van der Waals surface area contributed by atoms with Gasteiger partial charge in [0.05, 0.1) is 17.2 Å². The van der Waals surface area contributed by atoms with Gasteiger partial charge in [-0.15, -0.1) is 0 Å². The van der Waals surface area contributed by atoms with Crippen molar-refractivity contribution in [3.63, 3.8) is 0 Å². The monoisotopic (exact) mass is 514 g/mol. The van der Waals surface area contributed by atoms with Crippen molar-refractivity contribution >= 4 is 17.6 Å². The lowest BCUT2D eigenvalue weighted by Gasteiger charge is -2.32. The number of Topliss-reactive ketones (excluding diaryl/α,β-unsaturated/α-hetero) is 1. The van der Waals surface area contributed by atoms with Gasteiger partial charge < -0.3 is 20.6 Å². The highest BCUT2D eigenvalue weighted by Gasteiger charge is 2.47. The lowest BCUT2D eigenvalue weighted by Crippen LogP contribution is -2.50. The van der Waals surface area contributed by atoms with E-state index in [1.807, 2.05) is 0 Å². The second kappa shape index (κ2) is 8.86. The molecule has 0 saturated carbocycles. The zero-order chi connectivity index (χ0) is 26.4. The molecule has 2 atom stereocenters. The summed E-state index contributed by atoms with van der Waals surface area (Å²) >= 11 is 0. The number of esters is 1. The van der Waals surface area contributed by atoms with Gasteiger partial charge in [0.1, 0.15) is 17.4 Å². The smallest absolute Gasteiger partial charge is 0.460 e. The van der Waals surface area contributed by atoms with Gasteiger partial charge in [0.15, 0.2) is 0 Å². The molecule has 14 heteroatoms. The Labute approximate surface area is 198 Å². The van der Waals surface area contributed by atoms with E-state index >= 15 is 0 Å². The van der Waals surface area contributed by atoms with Gasteiger partial charge in [-0.05, 0) is 24.3 Å². The Balaban J connectivity index is 1.73. The molecule has 8 nitrogen and oxygen atoms in total. The van der Waals surface area contributed by atoms with Crippen LogP contribution in [-0.4, -0.2) is 36.5 Å². The summed E-state index contributed by atoms with van der Waals surface area (Å²) in [6.07, 6.45) is -10.9. The second-order valence-corrected chi connectivity index (χ2v) is 7.72. The van der Waals surface area contributed by atoms with E-state index in [1.54, 1.807) is 0 Å². The SMILES string of the molecule is N/C=C1\C(N)=NC2=C(C(=O)C(OC(=O)C(F)(F)F)NC2)C1c1ccc(-c2cccc(C(F)(F)F)c2)o1. The molecule has 2 unspecified atom stereocenters. The topological polar surface area (TPSA) is 133 Å². The highest BCUT2D eigenvalue weighted by atomic mass is 19.4. The lowest BCUT2D eigenvalue weighted by atomic mass is 9.81. The Bertz CT molecular complexity index is 1320. The fourth-order valence-corrected chi connectivity index (χ4v) is 3.84. The van der Waals surface area contributed by atoms with Crippen LogP contribution in [0.15, 0.2) is 68.9 Å². The van der Waals surface area contributed by atoms with Gasteiger partial charge in [0, 0.05) is 29.5 Å². The molecule has 0 aliphatic carbocycles. The summed E-state index contributed by atoms with van der Waals surface area (Å²) in [7, 11) is 0. The predicted octanol–water partition coefficient (Wildman–Crippen LogP) is 3.12. The summed E-state index contributed by atoms with van der Waals surface area (Å²) in [5.74, 6) is -4.90. The standard InChI is InChI=1S/C22H16F6N4O4/c23-21(24,25)10-3-1-2-9(6-10)13-4-5-14(35-13)15-11(7-29)18(30)32-12-8-31-19(17(33)16(12)15)36-20(34)22(26,27)28/h1-7,15,19,31H,8,29H2,(H2,30,32)/b11-7-. The Morgan fingerprint density at radius 2 is 1.89 bits per heavy atom. The average molecular weight is 514 g/mol. The Hall–Kier alpha value is -4.07. The summed E-state index contributed by atoms with van der Waals surface area (Å²) in [5, 5.41) is 2.35. The minimum atomic E-state index is -5.34. The van der Waals surface area contributed by atoms with E-state index < -0.39 is 41.8 Å². The number of amidine groups is 1. The van der Waals surface area contributed by atoms with Gasteiger partial charge in [-0.1, -0.05) is 12.1 Å². The number of nitrogens with one attached hydrogen (secondary N) is 1. The van der Waals surface area contributed by atoms with Crippen molar-refractivity contribution in [3.8, 4) is 11.3 Å². The molecule has 1 aromatic carbocycles. The normalized spacial score (nSPS) is 21.9. The van der Waals surface area contributed by atoms with Gasteiger partial charge in [-0.2, -0.15) is 26.3 Å². The zero-order valence-corrected chi connectivity index (χ0v) is 17.9. The second-order valence-electron chi connectivity index (χ2n) is 7.72. The van der Waals surface area contributed by atoms with E-state index in [0.717, 1.165) is 18.3 Å². The van der Waals surface area contributed by atoms with Crippen molar-refractivity contribution in [1.29, 1.82) is 0 Å². The molecule has 0 bridgehead atoms. The van der Waals surface area contributed by atoms with Crippen molar-refractivity contribution in [1.82, 2.24) is 5.32 Å². The molecule has 0 fully saturated rings. The van der Waals surface area contributed by atoms with Crippen molar-refractivity contribution < 1.29 is 45.1 Å². The highest BCUT2D eigenvalue weighted by molar-refractivity contribution is 6.09. The van der Waals surface area contributed by atoms with Crippen LogP contribution < -0.4 is 16.8 Å². The molecule has 190 valence electrons. The Kier molecular flexibility index (Phi) is 6.16. The summed E-state index contributed by atoms with van der Waals surface area (Å²) < 4.78 is 87.4. The number of nitrogens with zero attached hydrogens (tertiary/aromatic N) is 1. The van der Waals surface area contributed by atoms with E-state index in [4.69, 9.17) is 15.9 Å². The molecule has 1 aromatic heterocycles. The van der Waals surface area contributed by atoms with E-state index in [0.29, 0.717) is 0 Å². The first-order valence-electron chi connectivity index (χ1n) is 10.1. The first kappa shape index (κ1) is 25.0. The van der Waals surface area contributed by atoms with Crippen LogP contribution in [-0.2, 0) is 20.5 Å². The summed E-state index contributed by atoms with van der Waals surface area (Å²) in [6, 6.07) is 7.03. The van der Waals surface area contributed by atoms with Crippen LogP contribution in [0.3, 0.4) is 0 Å². The number of benzene rings is 1. The molecule has 2 aliphatic rings. The maximum absolute atomic E-state index is 13.1. The first-order chi connectivity index (χ1) is 16.8. The van der Waals surface area contributed by atoms with E-state index in [9.17, 15) is 35.9 Å². The summed E-state index contributed by atoms with van der Waals surface area (Å²) in [5.41, 5.74) is 10.7. The van der Waals surface area contributed by atoms with Gasteiger partial charge in [-0.25, -0.2) is 9.79 Å². The van der Waals surface area contributed by atoms with Crippen LogP contribution in [0, 0.1) is 0 Å². The molecule has 5 N–H and O–H groups in total. The number of ketones is 1. The van der Waals surface area contributed by atoms with E-state index in [2.05, 4.69) is 15.0 Å². The highest BCUT2D eigenvalue weighted by Crippen LogP contribution is 2.42. The number of carbonyl (C=O) groups is 2. The van der Waals surface area contributed by atoms with Crippen LogP contribution in [0.4, 0.5) is 26.3 Å². The average Bonchev–Trinajstić information content (AvgIpc) is 3.29. The van der Waals surface area contributed by atoms with Crippen molar-refractivity contribution in [2.24, 2.45) is 16.5 Å². The van der Waals surface area contributed by atoms with Crippen LogP contribution in [0.1, 0.15) is 17.2 Å². The molecular formula is C22H16F6N4O4. The number of carbonyl (C=O) groups excluding carboxylic acids is 2. The van der Waals surface area contributed by atoms with Gasteiger partial charge in [0.2, 0.25) is 12.0 Å². The molecule has 2 aliphatic heterocycles. The molecule has 0 radical (unpaired) electrons. The third-order valence-corrected chi connectivity index (χ3v) is 5.44. The molecule has 4 rings (SSSR count). The molecule has 2 aromatic rings. The number of halogens is 6. The Morgan fingerprint density at radius 3 is 2.53 bits per heavy atom. The zero-order valence-electron chi connectivity index (χ0n) is 17.9. The van der Waals surface area contributed by atoms with Gasteiger partial charge >= 0.3 is 18.3 Å². The Morgan fingerprint density at radius 1 is 1.17 bits per heavy atom. The first-order valence-corrected chi connectivity index (χ1v) is 10.1. The number of ether oxygens (including phenoxy) is 1.